The Morgan fingerprint density at radius 2 is 1.60 bits per heavy atom. The number of rotatable bonds is 9. The molecule has 1 N–H and O–H groups in total. The number of hydrogen-bond donors (Lipinski definition) is 1. The summed E-state index contributed by atoms with van der Waals surface area (Å²) in [7, 11) is 3.24. The predicted molar refractivity (Wildman–Crippen MR) is 121 cm³/mol. The van der Waals surface area contributed by atoms with Crippen molar-refractivity contribution in [1.29, 1.82) is 0 Å². The maximum absolute atomic E-state index is 12.8. The lowest BCUT2D eigenvalue weighted by Crippen LogP contribution is -2.32. The molecule has 3 aromatic carbocycles. The number of nitrogens with zero attached hydrogens (tertiary/aromatic N) is 1. The number of ether oxygens (including phenoxy) is 2. The van der Waals surface area contributed by atoms with Gasteiger partial charge in [-0.1, -0.05) is 61.5 Å². The van der Waals surface area contributed by atoms with Gasteiger partial charge in [-0.15, -0.1) is 0 Å². The second-order valence-corrected chi connectivity index (χ2v) is 6.95. The average molecular weight is 405 g/mol. The van der Waals surface area contributed by atoms with E-state index in [1.165, 1.54) is 0 Å². The minimum atomic E-state index is -0.0410. The smallest absolute Gasteiger partial charge is 0.238 e. The molecule has 0 saturated heterocycles. The lowest BCUT2D eigenvalue weighted by Gasteiger charge is -2.21. The van der Waals surface area contributed by atoms with Gasteiger partial charge in [0.15, 0.2) is 11.5 Å². The monoisotopic (exact) mass is 404 g/mol. The van der Waals surface area contributed by atoms with Gasteiger partial charge in [-0.2, -0.15) is 0 Å². The third-order valence-corrected chi connectivity index (χ3v) is 4.95. The Morgan fingerprint density at radius 1 is 0.900 bits per heavy atom. The standard InChI is InChI=1S/C25H28N2O3/c1-4-27(17-19-14-15-23(29-2)24(16-19)30-3)18-25(28)26-22-13-9-8-12-21(22)20-10-6-5-7-11-20/h5-16H,4,17-18H2,1-3H3,(H,26,28). The number of nitrogens with one attached hydrogen (secondary N) is 1. The molecule has 0 spiro atoms. The molecule has 0 aliphatic carbocycles. The molecule has 1 amide bonds. The molecule has 30 heavy (non-hydrogen) atoms. The zero-order valence-corrected chi connectivity index (χ0v) is 17.7. The molecular weight excluding hydrogens is 376 g/mol. The van der Waals surface area contributed by atoms with Crippen LogP contribution in [0.2, 0.25) is 0 Å². The Balaban J connectivity index is 1.68. The minimum Gasteiger partial charge on any atom is -0.493 e. The van der Waals surface area contributed by atoms with E-state index in [1.807, 2.05) is 79.7 Å². The van der Waals surface area contributed by atoms with Gasteiger partial charge in [0.05, 0.1) is 20.8 Å². The number of hydrogen-bond acceptors (Lipinski definition) is 4. The van der Waals surface area contributed by atoms with Crippen molar-refractivity contribution in [3.8, 4) is 22.6 Å². The molecule has 0 radical (unpaired) electrons. The van der Waals surface area contributed by atoms with Gasteiger partial charge in [-0.25, -0.2) is 0 Å². The molecule has 0 heterocycles. The summed E-state index contributed by atoms with van der Waals surface area (Å²) in [5, 5.41) is 3.08. The average Bonchev–Trinajstić information content (AvgIpc) is 2.79. The molecule has 0 unspecified atom stereocenters. The van der Waals surface area contributed by atoms with Crippen LogP contribution in [0.4, 0.5) is 5.69 Å². The molecule has 5 nitrogen and oxygen atoms in total. The fourth-order valence-electron chi connectivity index (χ4n) is 3.37. The number of carbonyl (C=O) groups excluding carboxylic acids is 1. The van der Waals surface area contributed by atoms with Crippen LogP contribution in [0.15, 0.2) is 72.8 Å². The van der Waals surface area contributed by atoms with E-state index in [2.05, 4.69) is 10.2 Å². The molecule has 0 bridgehead atoms. The van der Waals surface area contributed by atoms with Crippen LogP contribution in [0.5, 0.6) is 11.5 Å². The van der Waals surface area contributed by atoms with E-state index >= 15 is 0 Å². The Morgan fingerprint density at radius 3 is 2.30 bits per heavy atom. The van der Waals surface area contributed by atoms with Gasteiger partial charge in [-0.05, 0) is 35.9 Å². The second-order valence-electron chi connectivity index (χ2n) is 6.95. The van der Waals surface area contributed by atoms with Gasteiger partial charge in [0.25, 0.3) is 0 Å². The first-order valence-electron chi connectivity index (χ1n) is 10.0. The lowest BCUT2D eigenvalue weighted by atomic mass is 10.0. The second kappa shape index (κ2) is 10.5. The highest BCUT2D eigenvalue weighted by Crippen LogP contribution is 2.29. The molecule has 0 aliphatic heterocycles. The third kappa shape index (κ3) is 5.39. The molecule has 0 fully saturated rings. The van der Waals surface area contributed by atoms with Gasteiger partial charge >= 0.3 is 0 Å². The van der Waals surface area contributed by atoms with Crippen molar-refractivity contribution in [2.75, 3.05) is 32.6 Å². The predicted octanol–water partition coefficient (Wildman–Crippen LogP) is 4.83. The van der Waals surface area contributed by atoms with E-state index < -0.39 is 0 Å². The third-order valence-electron chi connectivity index (χ3n) is 4.95. The molecule has 0 aliphatic rings. The first-order chi connectivity index (χ1) is 14.6. The van der Waals surface area contributed by atoms with Crippen LogP contribution in [0.25, 0.3) is 11.1 Å². The highest BCUT2D eigenvalue weighted by atomic mass is 16.5. The van der Waals surface area contributed by atoms with Gasteiger partial charge < -0.3 is 14.8 Å². The fourth-order valence-corrected chi connectivity index (χ4v) is 3.37. The maximum Gasteiger partial charge on any atom is 0.238 e. The Kier molecular flexibility index (Phi) is 7.46. The van der Waals surface area contributed by atoms with Crippen molar-refractivity contribution in [3.63, 3.8) is 0 Å². The van der Waals surface area contributed by atoms with Crippen molar-refractivity contribution in [3.05, 3.63) is 78.4 Å². The van der Waals surface area contributed by atoms with Gasteiger partial charge in [0.2, 0.25) is 5.91 Å². The summed E-state index contributed by atoms with van der Waals surface area (Å²) >= 11 is 0. The molecule has 3 aromatic rings. The number of carbonyl (C=O) groups is 1. The van der Waals surface area contributed by atoms with Gasteiger partial charge in [-0.3, -0.25) is 9.69 Å². The summed E-state index contributed by atoms with van der Waals surface area (Å²) in [6.07, 6.45) is 0. The van der Waals surface area contributed by atoms with E-state index in [1.54, 1.807) is 14.2 Å². The maximum atomic E-state index is 12.8. The number of methoxy groups -OCH3 is 2. The summed E-state index contributed by atoms with van der Waals surface area (Å²) in [5.41, 5.74) is 3.96. The molecular formula is C25H28N2O3. The summed E-state index contributed by atoms with van der Waals surface area (Å²) in [6, 6.07) is 23.8. The summed E-state index contributed by atoms with van der Waals surface area (Å²) in [4.78, 5) is 14.9. The first kappa shape index (κ1) is 21.4. The number of anilines is 1. The molecule has 0 saturated carbocycles. The van der Waals surface area contributed by atoms with Crippen molar-refractivity contribution in [2.24, 2.45) is 0 Å². The number of amides is 1. The molecule has 0 aromatic heterocycles. The quantitative estimate of drug-likeness (QED) is 0.555. The van der Waals surface area contributed by atoms with E-state index in [9.17, 15) is 4.79 Å². The van der Waals surface area contributed by atoms with Gasteiger partial charge in [0, 0.05) is 17.8 Å². The summed E-state index contributed by atoms with van der Waals surface area (Å²) in [6.45, 7) is 3.74. The van der Waals surface area contributed by atoms with E-state index in [0.717, 1.165) is 28.9 Å². The van der Waals surface area contributed by atoms with Crippen LogP contribution in [0, 0.1) is 0 Å². The Labute approximate surface area is 178 Å². The highest BCUT2D eigenvalue weighted by molar-refractivity contribution is 5.96. The SMILES string of the molecule is CCN(CC(=O)Nc1ccccc1-c1ccccc1)Cc1ccc(OC)c(OC)c1. The Hall–Kier alpha value is -3.31. The lowest BCUT2D eigenvalue weighted by molar-refractivity contribution is -0.117. The number of likely N-dealkylation sites (N-methyl/N-ethyl adjacent to an activating group) is 1. The van der Waals surface area contributed by atoms with Crippen molar-refractivity contribution >= 4 is 11.6 Å². The van der Waals surface area contributed by atoms with Crippen LogP contribution < -0.4 is 14.8 Å². The normalized spacial score (nSPS) is 10.7. The van der Waals surface area contributed by atoms with E-state index in [-0.39, 0.29) is 5.91 Å². The first-order valence-corrected chi connectivity index (χ1v) is 10.0. The van der Waals surface area contributed by atoms with Crippen LogP contribution in [-0.4, -0.2) is 38.1 Å². The molecule has 156 valence electrons. The summed E-state index contributed by atoms with van der Waals surface area (Å²) < 4.78 is 10.7. The molecule has 3 rings (SSSR count). The Bertz CT molecular complexity index is 973. The van der Waals surface area contributed by atoms with Crippen LogP contribution in [0.1, 0.15) is 12.5 Å². The van der Waals surface area contributed by atoms with E-state index in [0.29, 0.717) is 24.6 Å². The zero-order valence-electron chi connectivity index (χ0n) is 17.7. The van der Waals surface area contributed by atoms with Crippen molar-refractivity contribution in [2.45, 2.75) is 13.5 Å². The largest absolute Gasteiger partial charge is 0.493 e. The minimum absolute atomic E-state index is 0.0410. The number of benzene rings is 3. The van der Waals surface area contributed by atoms with Crippen LogP contribution >= 0.6 is 0 Å². The summed E-state index contributed by atoms with van der Waals surface area (Å²) in [5.74, 6) is 1.34. The number of para-hydroxylation sites is 1. The van der Waals surface area contributed by atoms with E-state index in [4.69, 9.17) is 9.47 Å². The van der Waals surface area contributed by atoms with Crippen molar-refractivity contribution < 1.29 is 14.3 Å². The topological polar surface area (TPSA) is 50.8 Å². The van der Waals surface area contributed by atoms with Crippen LogP contribution in [-0.2, 0) is 11.3 Å². The molecule has 0 atom stereocenters. The highest BCUT2D eigenvalue weighted by Gasteiger charge is 2.13. The van der Waals surface area contributed by atoms with Crippen LogP contribution in [0.3, 0.4) is 0 Å². The fraction of sp³-hybridized carbons (Fsp3) is 0.240. The zero-order chi connectivity index (χ0) is 21.3. The molecule has 5 heteroatoms. The van der Waals surface area contributed by atoms with Crippen molar-refractivity contribution in [1.82, 2.24) is 4.90 Å². The van der Waals surface area contributed by atoms with Gasteiger partial charge in [0.1, 0.15) is 0 Å².